The SMILES string of the molecule is CC(C)c1cc(Oc2ccccc2)cc(C(C)C)c1O. The van der Waals surface area contributed by atoms with Crippen molar-refractivity contribution in [2.24, 2.45) is 0 Å². The number of aromatic hydroxyl groups is 1. The fourth-order valence-corrected chi connectivity index (χ4v) is 2.22. The van der Waals surface area contributed by atoms with Crippen molar-refractivity contribution in [3.05, 3.63) is 53.6 Å². The molecule has 0 fully saturated rings. The van der Waals surface area contributed by atoms with E-state index in [9.17, 15) is 5.11 Å². The number of hydrogen-bond donors (Lipinski definition) is 1. The molecule has 0 amide bonds. The molecule has 2 rings (SSSR count). The van der Waals surface area contributed by atoms with Gasteiger partial charge in [0.05, 0.1) is 0 Å². The Bertz CT molecular complexity index is 542. The van der Waals surface area contributed by atoms with Gasteiger partial charge in [0.1, 0.15) is 17.2 Å². The summed E-state index contributed by atoms with van der Waals surface area (Å²) in [5.41, 5.74) is 1.87. The number of hydrogen-bond acceptors (Lipinski definition) is 2. The van der Waals surface area contributed by atoms with E-state index >= 15 is 0 Å². The molecule has 0 saturated carbocycles. The minimum Gasteiger partial charge on any atom is -0.507 e. The van der Waals surface area contributed by atoms with Gasteiger partial charge in [-0.1, -0.05) is 45.9 Å². The van der Waals surface area contributed by atoms with Crippen LogP contribution in [0.25, 0.3) is 0 Å². The smallest absolute Gasteiger partial charge is 0.128 e. The van der Waals surface area contributed by atoms with Crippen LogP contribution >= 0.6 is 0 Å². The van der Waals surface area contributed by atoms with Crippen molar-refractivity contribution >= 4 is 0 Å². The van der Waals surface area contributed by atoms with E-state index in [4.69, 9.17) is 4.74 Å². The summed E-state index contributed by atoms with van der Waals surface area (Å²) in [6, 6.07) is 13.6. The first-order chi connectivity index (χ1) is 9.49. The van der Waals surface area contributed by atoms with Crippen LogP contribution in [-0.2, 0) is 0 Å². The maximum Gasteiger partial charge on any atom is 0.128 e. The number of para-hydroxylation sites is 1. The Hall–Kier alpha value is -1.96. The van der Waals surface area contributed by atoms with E-state index in [1.807, 2.05) is 42.5 Å². The maximum atomic E-state index is 10.4. The van der Waals surface area contributed by atoms with E-state index in [0.717, 1.165) is 22.6 Å². The van der Waals surface area contributed by atoms with E-state index in [1.165, 1.54) is 0 Å². The summed E-state index contributed by atoms with van der Waals surface area (Å²) < 4.78 is 5.90. The molecule has 0 aromatic heterocycles. The molecule has 1 N–H and O–H groups in total. The molecule has 0 unspecified atom stereocenters. The van der Waals surface area contributed by atoms with E-state index in [1.54, 1.807) is 0 Å². The summed E-state index contributed by atoms with van der Waals surface area (Å²) in [5, 5.41) is 10.4. The average Bonchev–Trinajstić information content (AvgIpc) is 2.41. The third kappa shape index (κ3) is 3.13. The van der Waals surface area contributed by atoms with E-state index in [0.29, 0.717) is 5.75 Å². The molecule has 2 aromatic rings. The number of ether oxygens (including phenoxy) is 1. The largest absolute Gasteiger partial charge is 0.507 e. The third-order valence-corrected chi connectivity index (χ3v) is 3.37. The highest BCUT2D eigenvalue weighted by Crippen LogP contribution is 2.38. The van der Waals surface area contributed by atoms with Gasteiger partial charge in [0.15, 0.2) is 0 Å². The first-order valence-corrected chi connectivity index (χ1v) is 7.08. The molecule has 0 spiro atoms. The van der Waals surface area contributed by atoms with Crippen molar-refractivity contribution < 1.29 is 9.84 Å². The van der Waals surface area contributed by atoms with Gasteiger partial charge in [-0.2, -0.15) is 0 Å². The van der Waals surface area contributed by atoms with Gasteiger partial charge in [-0.25, -0.2) is 0 Å². The van der Waals surface area contributed by atoms with Gasteiger partial charge in [-0.3, -0.25) is 0 Å². The van der Waals surface area contributed by atoms with Crippen LogP contribution in [-0.4, -0.2) is 5.11 Å². The van der Waals surface area contributed by atoms with Gasteiger partial charge in [0.25, 0.3) is 0 Å². The molecule has 0 saturated heterocycles. The standard InChI is InChI=1S/C18H22O2/c1-12(2)16-10-15(11-17(13(3)4)18(16)19)20-14-8-6-5-7-9-14/h5-13,19H,1-4H3. The minimum absolute atomic E-state index is 0.256. The zero-order valence-corrected chi connectivity index (χ0v) is 12.6. The monoisotopic (exact) mass is 270 g/mol. The maximum absolute atomic E-state index is 10.4. The molecule has 2 aromatic carbocycles. The highest BCUT2D eigenvalue weighted by atomic mass is 16.5. The summed E-state index contributed by atoms with van der Waals surface area (Å²) in [5.74, 6) is 2.50. The van der Waals surface area contributed by atoms with Crippen molar-refractivity contribution in [1.29, 1.82) is 0 Å². The highest BCUT2D eigenvalue weighted by Gasteiger charge is 2.16. The van der Waals surface area contributed by atoms with Crippen LogP contribution in [0.3, 0.4) is 0 Å². The second kappa shape index (κ2) is 6.00. The predicted octanol–water partition coefficient (Wildman–Crippen LogP) is 5.43. The fourth-order valence-electron chi connectivity index (χ4n) is 2.22. The van der Waals surface area contributed by atoms with Crippen molar-refractivity contribution in [1.82, 2.24) is 0 Å². The van der Waals surface area contributed by atoms with Crippen molar-refractivity contribution in [3.8, 4) is 17.2 Å². The Balaban J connectivity index is 2.43. The summed E-state index contributed by atoms with van der Waals surface area (Å²) >= 11 is 0. The Morgan fingerprint density at radius 2 is 1.30 bits per heavy atom. The number of rotatable bonds is 4. The molecule has 20 heavy (non-hydrogen) atoms. The molecule has 0 aliphatic heterocycles. The molecular weight excluding hydrogens is 248 g/mol. The van der Waals surface area contributed by atoms with Crippen LogP contribution in [0.2, 0.25) is 0 Å². The van der Waals surface area contributed by atoms with Crippen LogP contribution in [0.15, 0.2) is 42.5 Å². The zero-order valence-electron chi connectivity index (χ0n) is 12.6. The number of benzene rings is 2. The molecule has 0 aliphatic rings. The summed E-state index contributed by atoms with van der Waals surface area (Å²) in [6.07, 6.45) is 0. The Morgan fingerprint density at radius 1 is 0.800 bits per heavy atom. The highest BCUT2D eigenvalue weighted by molar-refractivity contribution is 5.50. The van der Waals surface area contributed by atoms with Gasteiger partial charge < -0.3 is 9.84 Å². The van der Waals surface area contributed by atoms with Crippen LogP contribution < -0.4 is 4.74 Å². The first-order valence-electron chi connectivity index (χ1n) is 7.08. The second-order valence-corrected chi connectivity index (χ2v) is 5.67. The normalized spacial score (nSPS) is 11.1. The second-order valence-electron chi connectivity index (χ2n) is 5.67. The zero-order chi connectivity index (χ0) is 14.7. The van der Waals surface area contributed by atoms with Gasteiger partial charge in [0.2, 0.25) is 0 Å². The molecule has 2 nitrogen and oxygen atoms in total. The lowest BCUT2D eigenvalue weighted by atomic mass is 9.93. The summed E-state index contributed by atoms with van der Waals surface area (Å²) in [4.78, 5) is 0. The average molecular weight is 270 g/mol. The third-order valence-electron chi connectivity index (χ3n) is 3.37. The predicted molar refractivity (Wildman–Crippen MR) is 82.8 cm³/mol. The van der Waals surface area contributed by atoms with Crippen LogP contribution in [0.5, 0.6) is 17.2 Å². The van der Waals surface area contributed by atoms with E-state index in [-0.39, 0.29) is 11.8 Å². The Kier molecular flexibility index (Phi) is 4.33. The van der Waals surface area contributed by atoms with Crippen LogP contribution in [0.1, 0.15) is 50.7 Å². The molecular formula is C18H22O2. The number of phenolic OH excluding ortho intramolecular Hbond substituents is 1. The van der Waals surface area contributed by atoms with E-state index in [2.05, 4.69) is 27.7 Å². The summed E-state index contributed by atoms with van der Waals surface area (Å²) in [7, 11) is 0. The molecule has 0 aliphatic carbocycles. The van der Waals surface area contributed by atoms with Crippen molar-refractivity contribution in [2.75, 3.05) is 0 Å². The van der Waals surface area contributed by atoms with Gasteiger partial charge in [0, 0.05) is 11.1 Å². The van der Waals surface area contributed by atoms with Gasteiger partial charge >= 0.3 is 0 Å². The molecule has 2 heteroatoms. The van der Waals surface area contributed by atoms with Crippen molar-refractivity contribution in [2.45, 2.75) is 39.5 Å². The molecule has 0 heterocycles. The van der Waals surface area contributed by atoms with Gasteiger partial charge in [-0.15, -0.1) is 0 Å². The lowest BCUT2D eigenvalue weighted by Gasteiger charge is -2.17. The first kappa shape index (κ1) is 14.4. The quantitative estimate of drug-likeness (QED) is 0.802. The lowest BCUT2D eigenvalue weighted by Crippen LogP contribution is -1.97. The fraction of sp³-hybridized carbons (Fsp3) is 0.333. The molecule has 0 bridgehead atoms. The lowest BCUT2D eigenvalue weighted by molar-refractivity contribution is 0.444. The van der Waals surface area contributed by atoms with Crippen molar-refractivity contribution in [3.63, 3.8) is 0 Å². The van der Waals surface area contributed by atoms with E-state index < -0.39 is 0 Å². The summed E-state index contributed by atoms with van der Waals surface area (Å²) in [6.45, 7) is 8.30. The Labute approximate surface area is 121 Å². The van der Waals surface area contributed by atoms with Crippen LogP contribution in [0.4, 0.5) is 0 Å². The Morgan fingerprint density at radius 3 is 1.75 bits per heavy atom. The minimum atomic E-state index is 0.256. The molecule has 0 atom stereocenters. The number of phenols is 1. The van der Waals surface area contributed by atoms with Crippen LogP contribution in [0, 0.1) is 0 Å². The molecule has 106 valence electrons. The topological polar surface area (TPSA) is 29.5 Å². The molecule has 0 radical (unpaired) electrons. The van der Waals surface area contributed by atoms with Gasteiger partial charge in [-0.05, 0) is 36.1 Å².